The fourth-order valence-electron chi connectivity index (χ4n) is 4.65. The summed E-state index contributed by atoms with van der Waals surface area (Å²) in [5.41, 5.74) is 4.59. The normalized spacial score (nSPS) is 11.3. The van der Waals surface area contributed by atoms with Gasteiger partial charge >= 0.3 is 11.9 Å². The lowest BCUT2D eigenvalue weighted by atomic mass is 10.0. The van der Waals surface area contributed by atoms with Gasteiger partial charge in [0.25, 0.3) is 0 Å². The predicted molar refractivity (Wildman–Crippen MR) is 162 cm³/mol. The Morgan fingerprint density at radius 1 is 0.902 bits per heavy atom. The number of fused-ring (bicyclic) bond motifs is 1. The van der Waals surface area contributed by atoms with Crippen molar-refractivity contribution in [2.24, 2.45) is 0 Å². The van der Waals surface area contributed by atoms with Crippen molar-refractivity contribution in [1.82, 2.24) is 4.57 Å². The van der Waals surface area contributed by atoms with Gasteiger partial charge in [0.1, 0.15) is 11.5 Å². The first kappa shape index (κ1) is 29.7. The molecule has 0 aliphatic rings. The summed E-state index contributed by atoms with van der Waals surface area (Å²) < 4.78 is 13.6. The standard InChI is InChI=1S/C33H34ClNO6/c1-23-9-16-30(28(34)20-23)41-19-3-2-18-40-27-14-11-24(12-15-27)10-13-25-6-4-7-29-33(25)26(21-32(38)39)22-35(29)17-5-8-31(36)37/h4,6-7,9-16,20,22H,2-3,5,8,17-19,21H2,1H3,(H,36,37)(H,38,39)/b13-10+. The second kappa shape index (κ2) is 14.4. The number of hydrogen-bond acceptors (Lipinski definition) is 4. The lowest BCUT2D eigenvalue weighted by Gasteiger charge is -2.09. The van der Waals surface area contributed by atoms with Gasteiger partial charge in [0.2, 0.25) is 0 Å². The molecule has 0 aliphatic heterocycles. The Morgan fingerprint density at radius 3 is 2.37 bits per heavy atom. The van der Waals surface area contributed by atoms with Crippen LogP contribution in [0, 0.1) is 6.92 Å². The largest absolute Gasteiger partial charge is 0.494 e. The Bertz CT molecular complexity index is 1520. The van der Waals surface area contributed by atoms with Crippen LogP contribution < -0.4 is 9.47 Å². The van der Waals surface area contributed by atoms with E-state index >= 15 is 0 Å². The third kappa shape index (κ3) is 8.63. The molecule has 0 unspecified atom stereocenters. The van der Waals surface area contributed by atoms with Crippen LogP contribution in [0.2, 0.25) is 5.02 Å². The minimum absolute atomic E-state index is 0.0605. The summed E-state index contributed by atoms with van der Waals surface area (Å²) >= 11 is 6.20. The molecule has 0 amide bonds. The van der Waals surface area contributed by atoms with Crippen molar-refractivity contribution in [3.8, 4) is 11.5 Å². The molecule has 2 N–H and O–H groups in total. The molecule has 0 spiro atoms. The summed E-state index contributed by atoms with van der Waals surface area (Å²) in [4.78, 5) is 22.5. The van der Waals surface area contributed by atoms with Crippen molar-refractivity contribution < 1.29 is 29.3 Å². The van der Waals surface area contributed by atoms with E-state index in [-0.39, 0.29) is 12.8 Å². The second-order valence-electron chi connectivity index (χ2n) is 9.90. The van der Waals surface area contributed by atoms with E-state index in [0.717, 1.165) is 46.2 Å². The zero-order valence-electron chi connectivity index (χ0n) is 23.0. The molecule has 0 bridgehead atoms. The van der Waals surface area contributed by atoms with Crippen LogP contribution in [0.5, 0.6) is 11.5 Å². The summed E-state index contributed by atoms with van der Waals surface area (Å²) in [6.45, 7) is 3.65. The summed E-state index contributed by atoms with van der Waals surface area (Å²) in [5, 5.41) is 19.9. The van der Waals surface area contributed by atoms with Crippen molar-refractivity contribution >= 4 is 46.6 Å². The zero-order valence-corrected chi connectivity index (χ0v) is 23.8. The van der Waals surface area contributed by atoms with E-state index in [1.165, 1.54) is 0 Å². The summed E-state index contributed by atoms with van der Waals surface area (Å²) in [7, 11) is 0. The van der Waals surface area contributed by atoms with Crippen LogP contribution in [-0.2, 0) is 22.6 Å². The van der Waals surface area contributed by atoms with Crippen molar-refractivity contribution in [1.29, 1.82) is 0 Å². The summed E-state index contributed by atoms with van der Waals surface area (Å²) in [5.74, 6) is -0.271. The molecule has 0 aliphatic carbocycles. The maximum atomic E-state index is 11.5. The number of aliphatic carboxylic acids is 2. The third-order valence-corrected chi connectivity index (χ3v) is 6.93. The number of halogens is 1. The Kier molecular flexibility index (Phi) is 10.5. The highest BCUT2D eigenvalue weighted by Gasteiger charge is 2.14. The quantitative estimate of drug-likeness (QED) is 0.112. The first-order valence-corrected chi connectivity index (χ1v) is 14.0. The Balaban J connectivity index is 1.33. The van der Waals surface area contributed by atoms with Gasteiger partial charge in [-0.05, 0) is 78.8 Å². The van der Waals surface area contributed by atoms with Crippen LogP contribution in [0.1, 0.15) is 47.9 Å². The predicted octanol–water partition coefficient (Wildman–Crippen LogP) is 7.50. The highest BCUT2D eigenvalue weighted by Crippen LogP contribution is 2.28. The lowest BCUT2D eigenvalue weighted by molar-refractivity contribution is -0.137. The molecule has 7 nitrogen and oxygen atoms in total. The number of ether oxygens (including phenoxy) is 2. The Hall–Kier alpha value is -4.23. The molecule has 4 rings (SSSR count). The zero-order chi connectivity index (χ0) is 29.2. The topological polar surface area (TPSA) is 98.0 Å². The third-order valence-electron chi connectivity index (χ3n) is 6.64. The van der Waals surface area contributed by atoms with Crippen molar-refractivity contribution in [2.75, 3.05) is 13.2 Å². The minimum Gasteiger partial charge on any atom is -0.494 e. The lowest BCUT2D eigenvalue weighted by Crippen LogP contribution is -2.02. The number of carboxylic acids is 2. The molecule has 1 aromatic heterocycles. The van der Waals surface area contributed by atoms with Gasteiger partial charge in [0.15, 0.2) is 0 Å². The number of carboxylic acid groups (broad SMARTS) is 2. The smallest absolute Gasteiger partial charge is 0.307 e. The van der Waals surface area contributed by atoms with Gasteiger partial charge in [0, 0.05) is 30.1 Å². The summed E-state index contributed by atoms with van der Waals surface area (Å²) in [6.07, 6.45) is 7.91. The van der Waals surface area contributed by atoms with E-state index in [0.29, 0.717) is 42.5 Å². The van der Waals surface area contributed by atoms with Crippen LogP contribution in [-0.4, -0.2) is 39.9 Å². The van der Waals surface area contributed by atoms with Gasteiger partial charge in [0.05, 0.1) is 24.7 Å². The van der Waals surface area contributed by atoms with Gasteiger partial charge in [-0.15, -0.1) is 0 Å². The molecular weight excluding hydrogens is 542 g/mol. The maximum absolute atomic E-state index is 11.5. The monoisotopic (exact) mass is 575 g/mol. The van der Waals surface area contributed by atoms with E-state index in [1.54, 1.807) is 0 Å². The van der Waals surface area contributed by atoms with E-state index in [1.807, 2.05) is 90.5 Å². The molecule has 4 aromatic rings. The van der Waals surface area contributed by atoms with Crippen LogP contribution in [0.15, 0.2) is 66.9 Å². The molecule has 1 heterocycles. The highest BCUT2D eigenvalue weighted by molar-refractivity contribution is 6.32. The van der Waals surface area contributed by atoms with E-state index < -0.39 is 11.9 Å². The molecule has 214 valence electrons. The number of carbonyl (C=O) groups is 2. The van der Waals surface area contributed by atoms with Crippen LogP contribution in [0.3, 0.4) is 0 Å². The second-order valence-corrected chi connectivity index (χ2v) is 10.3. The fourth-order valence-corrected chi connectivity index (χ4v) is 4.94. The molecule has 41 heavy (non-hydrogen) atoms. The molecule has 3 aromatic carbocycles. The molecule has 0 saturated carbocycles. The average molecular weight is 576 g/mol. The molecular formula is C33H34ClNO6. The number of unbranched alkanes of at least 4 members (excludes halogenated alkanes) is 1. The number of aromatic nitrogens is 1. The van der Waals surface area contributed by atoms with Gasteiger partial charge in [-0.1, -0.05) is 54.1 Å². The van der Waals surface area contributed by atoms with Crippen molar-refractivity contribution in [3.05, 3.63) is 94.1 Å². The molecule has 8 heteroatoms. The van der Waals surface area contributed by atoms with Gasteiger partial charge < -0.3 is 24.3 Å². The number of benzene rings is 3. The van der Waals surface area contributed by atoms with Gasteiger partial charge in [-0.25, -0.2) is 0 Å². The van der Waals surface area contributed by atoms with Crippen molar-refractivity contribution in [3.63, 3.8) is 0 Å². The van der Waals surface area contributed by atoms with Crippen LogP contribution >= 0.6 is 11.6 Å². The first-order valence-electron chi connectivity index (χ1n) is 13.6. The summed E-state index contributed by atoms with van der Waals surface area (Å²) in [6, 6.07) is 19.4. The van der Waals surface area contributed by atoms with Crippen LogP contribution in [0.25, 0.3) is 23.1 Å². The number of hydrogen-bond donors (Lipinski definition) is 2. The molecule has 0 saturated heterocycles. The number of aryl methyl sites for hydroxylation is 2. The number of nitrogens with zero attached hydrogens (tertiary/aromatic N) is 1. The highest BCUT2D eigenvalue weighted by atomic mass is 35.5. The van der Waals surface area contributed by atoms with E-state index in [9.17, 15) is 14.7 Å². The van der Waals surface area contributed by atoms with Gasteiger partial charge in [-0.2, -0.15) is 0 Å². The van der Waals surface area contributed by atoms with E-state index in [2.05, 4.69) is 0 Å². The molecule has 0 radical (unpaired) electrons. The molecule has 0 atom stereocenters. The fraction of sp³-hybridized carbons (Fsp3) is 0.273. The van der Waals surface area contributed by atoms with Gasteiger partial charge in [-0.3, -0.25) is 9.59 Å². The number of rotatable bonds is 15. The van der Waals surface area contributed by atoms with E-state index in [4.69, 9.17) is 26.2 Å². The SMILES string of the molecule is Cc1ccc(OCCCCOc2ccc(/C=C/c3cccc4c3c(CC(=O)O)cn4CCCC(=O)O)cc2)c(Cl)c1. The minimum atomic E-state index is -0.910. The Morgan fingerprint density at radius 2 is 1.66 bits per heavy atom. The van der Waals surface area contributed by atoms with Crippen LogP contribution in [0.4, 0.5) is 0 Å². The Labute approximate surface area is 244 Å². The molecule has 0 fully saturated rings. The first-order chi connectivity index (χ1) is 19.8. The average Bonchev–Trinajstić information content (AvgIpc) is 3.28. The van der Waals surface area contributed by atoms with Crippen molar-refractivity contribution in [2.45, 2.75) is 45.6 Å². The maximum Gasteiger partial charge on any atom is 0.307 e.